The van der Waals surface area contributed by atoms with E-state index in [2.05, 4.69) is 10.3 Å². The second kappa shape index (κ2) is 8.12. The molecule has 0 saturated heterocycles. The molecule has 5 nitrogen and oxygen atoms in total. The first-order chi connectivity index (χ1) is 12.6. The van der Waals surface area contributed by atoms with E-state index in [-0.39, 0.29) is 17.8 Å². The molecule has 0 saturated carbocycles. The number of halogens is 1. The minimum absolute atomic E-state index is 0.110. The van der Waals surface area contributed by atoms with Crippen molar-refractivity contribution in [1.29, 1.82) is 0 Å². The van der Waals surface area contributed by atoms with Crippen molar-refractivity contribution >= 4 is 16.8 Å². The Hall–Kier alpha value is -2.70. The highest BCUT2D eigenvalue weighted by atomic mass is 19.1. The van der Waals surface area contributed by atoms with E-state index in [1.54, 1.807) is 12.1 Å². The summed E-state index contributed by atoms with van der Waals surface area (Å²) >= 11 is 0. The molecule has 26 heavy (non-hydrogen) atoms. The Morgan fingerprint density at radius 3 is 2.69 bits per heavy atom. The zero-order valence-corrected chi connectivity index (χ0v) is 14.5. The summed E-state index contributed by atoms with van der Waals surface area (Å²) in [6, 6.07) is 13.8. The molecule has 0 spiro atoms. The van der Waals surface area contributed by atoms with E-state index in [9.17, 15) is 9.18 Å². The fourth-order valence-electron chi connectivity index (χ4n) is 2.96. The highest BCUT2D eigenvalue weighted by molar-refractivity contribution is 6.02. The summed E-state index contributed by atoms with van der Waals surface area (Å²) in [5.74, 6) is -0.476. The van der Waals surface area contributed by atoms with Crippen LogP contribution in [-0.4, -0.2) is 30.0 Å². The van der Waals surface area contributed by atoms with Gasteiger partial charge in [0.15, 0.2) is 0 Å². The van der Waals surface area contributed by atoms with Crippen molar-refractivity contribution in [2.45, 2.75) is 18.9 Å². The average molecular weight is 354 g/mol. The number of rotatable bonds is 7. The molecule has 136 valence electrons. The van der Waals surface area contributed by atoms with E-state index in [1.165, 1.54) is 12.1 Å². The lowest BCUT2D eigenvalue weighted by molar-refractivity contribution is 0.0946. The van der Waals surface area contributed by atoms with Crippen LogP contribution in [0, 0.1) is 5.82 Å². The van der Waals surface area contributed by atoms with Gasteiger partial charge in [0.25, 0.3) is 5.91 Å². The van der Waals surface area contributed by atoms with Crippen LogP contribution in [0.2, 0.25) is 0 Å². The standard InChI is InChI=1S/C20H23FN4O/c21-14-8-6-13(7-9-14)16-4-1-5-18-17(16)11-19(25-18)20(26)24-12-15(23)3-2-10-22/h1,4-9,11,15,25H,2-3,10,12,22-23H2,(H,24,26). The van der Waals surface area contributed by atoms with Gasteiger partial charge in [0.05, 0.1) is 0 Å². The van der Waals surface area contributed by atoms with Gasteiger partial charge in [-0.15, -0.1) is 0 Å². The van der Waals surface area contributed by atoms with Crippen molar-refractivity contribution in [3.63, 3.8) is 0 Å². The molecular formula is C20H23FN4O. The Labute approximate surface area is 151 Å². The molecule has 0 fully saturated rings. The highest BCUT2D eigenvalue weighted by Crippen LogP contribution is 2.29. The molecule has 6 N–H and O–H groups in total. The number of aromatic nitrogens is 1. The molecule has 1 amide bonds. The summed E-state index contributed by atoms with van der Waals surface area (Å²) in [7, 11) is 0. The third-order valence-electron chi connectivity index (χ3n) is 4.37. The van der Waals surface area contributed by atoms with Crippen LogP contribution in [0.25, 0.3) is 22.0 Å². The van der Waals surface area contributed by atoms with E-state index >= 15 is 0 Å². The number of carbonyl (C=O) groups excluding carboxylic acids is 1. The largest absolute Gasteiger partial charge is 0.351 e. The lowest BCUT2D eigenvalue weighted by atomic mass is 10.0. The van der Waals surface area contributed by atoms with Gasteiger partial charge in [-0.3, -0.25) is 4.79 Å². The summed E-state index contributed by atoms with van der Waals surface area (Å²) in [6.45, 7) is 0.995. The number of amides is 1. The molecule has 1 unspecified atom stereocenters. The molecule has 0 aliphatic carbocycles. The first-order valence-corrected chi connectivity index (χ1v) is 8.70. The summed E-state index contributed by atoms with van der Waals surface area (Å²) in [5, 5.41) is 3.76. The molecule has 0 aliphatic heterocycles. The average Bonchev–Trinajstić information content (AvgIpc) is 3.09. The number of aromatic amines is 1. The van der Waals surface area contributed by atoms with Gasteiger partial charge in [-0.05, 0) is 54.8 Å². The van der Waals surface area contributed by atoms with Crippen LogP contribution in [0.3, 0.4) is 0 Å². The quantitative estimate of drug-likeness (QED) is 0.525. The van der Waals surface area contributed by atoms with E-state index in [4.69, 9.17) is 11.5 Å². The molecule has 0 radical (unpaired) electrons. The van der Waals surface area contributed by atoms with Gasteiger partial charge in [0.2, 0.25) is 0 Å². The van der Waals surface area contributed by atoms with E-state index < -0.39 is 0 Å². The van der Waals surface area contributed by atoms with Gasteiger partial charge < -0.3 is 21.8 Å². The van der Waals surface area contributed by atoms with Gasteiger partial charge in [-0.1, -0.05) is 24.3 Å². The summed E-state index contributed by atoms with van der Waals surface area (Å²) in [4.78, 5) is 15.5. The second-order valence-electron chi connectivity index (χ2n) is 6.36. The molecule has 1 atom stereocenters. The minimum Gasteiger partial charge on any atom is -0.351 e. The number of carbonyl (C=O) groups is 1. The Morgan fingerprint density at radius 1 is 1.19 bits per heavy atom. The zero-order chi connectivity index (χ0) is 18.5. The number of hydrogen-bond acceptors (Lipinski definition) is 3. The maximum absolute atomic E-state index is 13.2. The predicted octanol–water partition coefficient (Wildman–Crippen LogP) is 2.77. The molecule has 1 aromatic heterocycles. The van der Waals surface area contributed by atoms with Crippen LogP contribution in [0.1, 0.15) is 23.3 Å². The van der Waals surface area contributed by atoms with Gasteiger partial charge in [-0.2, -0.15) is 0 Å². The van der Waals surface area contributed by atoms with Gasteiger partial charge in [0.1, 0.15) is 11.5 Å². The van der Waals surface area contributed by atoms with Crippen LogP contribution in [0.15, 0.2) is 48.5 Å². The van der Waals surface area contributed by atoms with Crippen LogP contribution >= 0.6 is 0 Å². The van der Waals surface area contributed by atoms with Crippen molar-refractivity contribution < 1.29 is 9.18 Å². The lowest BCUT2D eigenvalue weighted by Gasteiger charge is -2.11. The number of benzene rings is 2. The Morgan fingerprint density at radius 2 is 1.96 bits per heavy atom. The normalized spacial score (nSPS) is 12.3. The Bertz CT molecular complexity index is 888. The number of H-pyrrole nitrogens is 1. The van der Waals surface area contributed by atoms with Crippen molar-refractivity contribution in [3.8, 4) is 11.1 Å². The zero-order valence-electron chi connectivity index (χ0n) is 14.5. The van der Waals surface area contributed by atoms with Gasteiger partial charge in [-0.25, -0.2) is 4.39 Å². The van der Waals surface area contributed by atoms with Crippen LogP contribution in [0.4, 0.5) is 4.39 Å². The van der Waals surface area contributed by atoms with Gasteiger partial charge >= 0.3 is 0 Å². The first-order valence-electron chi connectivity index (χ1n) is 8.70. The second-order valence-corrected chi connectivity index (χ2v) is 6.36. The highest BCUT2D eigenvalue weighted by Gasteiger charge is 2.13. The third-order valence-corrected chi connectivity index (χ3v) is 4.37. The van der Waals surface area contributed by atoms with Crippen molar-refractivity contribution in [1.82, 2.24) is 10.3 Å². The number of hydrogen-bond donors (Lipinski definition) is 4. The molecule has 0 bridgehead atoms. The van der Waals surface area contributed by atoms with Crippen LogP contribution in [0.5, 0.6) is 0 Å². The fraction of sp³-hybridized carbons (Fsp3) is 0.250. The van der Waals surface area contributed by atoms with E-state index in [0.717, 1.165) is 34.9 Å². The molecule has 0 aliphatic rings. The maximum Gasteiger partial charge on any atom is 0.267 e. The topological polar surface area (TPSA) is 96.9 Å². The number of nitrogens with two attached hydrogens (primary N) is 2. The molecule has 2 aromatic carbocycles. The molecule has 6 heteroatoms. The number of nitrogens with one attached hydrogen (secondary N) is 2. The van der Waals surface area contributed by atoms with E-state index in [0.29, 0.717) is 18.8 Å². The fourth-order valence-corrected chi connectivity index (χ4v) is 2.96. The van der Waals surface area contributed by atoms with Crippen molar-refractivity contribution in [3.05, 3.63) is 60.0 Å². The number of fused-ring (bicyclic) bond motifs is 1. The van der Waals surface area contributed by atoms with Crippen molar-refractivity contribution in [2.24, 2.45) is 11.5 Å². The minimum atomic E-state index is -0.277. The third kappa shape index (κ3) is 4.09. The Balaban J connectivity index is 1.80. The smallest absolute Gasteiger partial charge is 0.267 e. The van der Waals surface area contributed by atoms with Crippen LogP contribution < -0.4 is 16.8 Å². The van der Waals surface area contributed by atoms with Crippen LogP contribution in [-0.2, 0) is 0 Å². The molecule has 3 rings (SSSR count). The van der Waals surface area contributed by atoms with Crippen molar-refractivity contribution in [2.75, 3.05) is 13.1 Å². The first kappa shape index (κ1) is 18.1. The van der Waals surface area contributed by atoms with Gasteiger partial charge in [0, 0.05) is 23.5 Å². The summed E-state index contributed by atoms with van der Waals surface area (Å²) in [5.41, 5.74) is 14.6. The predicted molar refractivity (Wildman–Crippen MR) is 102 cm³/mol. The molecular weight excluding hydrogens is 331 g/mol. The maximum atomic E-state index is 13.2. The SMILES string of the molecule is NCCCC(N)CNC(=O)c1cc2c(-c3ccc(F)cc3)cccc2[nH]1. The lowest BCUT2D eigenvalue weighted by Crippen LogP contribution is -2.37. The summed E-state index contributed by atoms with van der Waals surface area (Å²) < 4.78 is 13.2. The molecule has 1 heterocycles. The van der Waals surface area contributed by atoms with E-state index in [1.807, 2.05) is 24.3 Å². The summed E-state index contributed by atoms with van der Waals surface area (Å²) in [6.07, 6.45) is 1.61. The molecule has 3 aromatic rings. The monoisotopic (exact) mass is 354 g/mol. The Kier molecular flexibility index (Phi) is 5.65.